The van der Waals surface area contributed by atoms with Crippen molar-refractivity contribution >= 4 is 33.9 Å². The molecule has 0 saturated heterocycles. The molecule has 0 radical (unpaired) electrons. The van der Waals surface area contributed by atoms with Crippen LogP contribution in [0, 0.1) is 11.7 Å². The molecule has 1 saturated carbocycles. The molecule has 41 heavy (non-hydrogen) atoms. The van der Waals surface area contributed by atoms with E-state index in [1.54, 1.807) is 36.9 Å². The van der Waals surface area contributed by atoms with Crippen molar-refractivity contribution in [2.75, 3.05) is 17.6 Å². The summed E-state index contributed by atoms with van der Waals surface area (Å²) >= 11 is 0. The standard InChI is InChI=1S/C31H28FN7O2/c1-2-36-30(27-12-23-24(15-35-16-28(23)38-27)18-8-20(32)11-22(40)10-18)29-25(33)6-7-26(39-29)19-9-21(14-34-13-19)37-31(41)17-4-3-5-17/h6-17,38,40H,2-5,33H2,1H3,(H,37,41). The molecule has 0 spiro atoms. The minimum Gasteiger partial charge on any atom is -0.508 e. The molecular weight excluding hydrogens is 521 g/mol. The number of nitrogens with two attached hydrogens (primary N) is 1. The van der Waals surface area contributed by atoms with Gasteiger partial charge in [0.15, 0.2) is 0 Å². The molecule has 1 aliphatic carbocycles. The third kappa shape index (κ3) is 5.23. The van der Waals surface area contributed by atoms with Crippen molar-refractivity contribution in [2.45, 2.75) is 26.2 Å². The SMILES string of the molecule is CCN=C(c1cc2c(-c3cc(O)cc(F)c3)cncc2[nH]1)c1nc(-c2cncc(NC(=O)C3CCC3)c2)ccc1N. The van der Waals surface area contributed by atoms with Crippen LogP contribution in [-0.4, -0.2) is 43.2 Å². The average Bonchev–Trinajstić information content (AvgIpc) is 3.35. The second kappa shape index (κ2) is 10.8. The lowest BCUT2D eigenvalue weighted by Crippen LogP contribution is -2.28. The Morgan fingerprint density at radius 2 is 1.93 bits per heavy atom. The Morgan fingerprint density at radius 1 is 1.10 bits per heavy atom. The number of amides is 1. The van der Waals surface area contributed by atoms with Crippen LogP contribution >= 0.6 is 0 Å². The number of nitrogens with one attached hydrogen (secondary N) is 2. The number of carbonyl (C=O) groups excluding carboxylic acids is 1. The monoisotopic (exact) mass is 549 g/mol. The Kier molecular flexibility index (Phi) is 6.88. The van der Waals surface area contributed by atoms with Crippen molar-refractivity contribution in [3.8, 4) is 28.1 Å². The Hall–Kier alpha value is -5.12. The Balaban J connectivity index is 1.38. The quantitative estimate of drug-likeness (QED) is 0.192. The molecule has 4 heterocycles. The van der Waals surface area contributed by atoms with E-state index in [0.717, 1.165) is 36.3 Å². The number of H-pyrrole nitrogens is 1. The van der Waals surface area contributed by atoms with Gasteiger partial charge in [-0.15, -0.1) is 0 Å². The van der Waals surface area contributed by atoms with E-state index in [2.05, 4.69) is 20.3 Å². The predicted molar refractivity (Wildman–Crippen MR) is 157 cm³/mol. The summed E-state index contributed by atoms with van der Waals surface area (Å²) in [7, 11) is 0. The first-order valence-electron chi connectivity index (χ1n) is 13.4. The van der Waals surface area contributed by atoms with Crippen molar-refractivity contribution in [1.29, 1.82) is 0 Å². The number of halogens is 1. The smallest absolute Gasteiger partial charge is 0.227 e. The Bertz CT molecular complexity index is 1790. The molecular formula is C31H28FN7O2. The van der Waals surface area contributed by atoms with Crippen LogP contribution in [0.2, 0.25) is 0 Å². The van der Waals surface area contributed by atoms with Crippen LogP contribution in [0.15, 0.2) is 72.2 Å². The summed E-state index contributed by atoms with van der Waals surface area (Å²) in [5.41, 5.74) is 12.4. The summed E-state index contributed by atoms with van der Waals surface area (Å²) in [6.07, 6.45) is 9.52. The molecule has 4 aromatic heterocycles. The molecule has 1 aliphatic rings. The van der Waals surface area contributed by atoms with Gasteiger partial charge < -0.3 is 21.1 Å². The normalized spacial score (nSPS) is 13.8. The van der Waals surface area contributed by atoms with Gasteiger partial charge >= 0.3 is 0 Å². The number of aromatic hydroxyl groups is 1. The van der Waals surface area contributed by atoms with Crippen LogP contribution in [0.25, 0.3) is 33.3 Å². The van der Waals surface area contributed by atoms with Gasteiger partial charge in [-0.25, -0.2) is 9.37 Å². The van der Waals surface area contributed by atoms with Crippen LogP contribution in [0.3, 0.4) is 0 Å². The van der Waals surface area contributed by atoms with E-state index in [0.29, 0.717) is 57.4 Å². The summed E-state index contributed by atoms with van der Waals surface area (Å²) in [6.45, 7) is 2.40. The highest BCUT2D eigenvalue weighted by Crippen LogP contribution is 2.33. The molecule has 1 amide bonds. The lowest BCUT2D eigenvalue weighted by Gasteiger charge is -2.24. The van der Waals surface area contributed by atoms with E-state index in [4.69, 9.17) is 15.7 Å². The number of aliphatic imine (C=N–C) groups is 1. The van der Waals surface area contributed by atoms with Gasteiger partial charge in [0.05, 0.1) is 40.7 Å². The van der Waals surface area contributed by atoms with Gasteiger partial charge in [-0.05, 0) is 61.7 Å². The molecule has 0 atom stereocenters. The molecule has 1 fully saturated rings. The zero-order chi connectivity index (χ0) is 28.5. The topological polar surface area (TPSA) is 142 Å². The van der Waals surface area contributed by atoms with Crippen LogP contribution in [0.4, 0.5) is 15.8 Å². The molecule has 5 N–H and O–H groups in total. The number of fused-ring (bicyclic) bond motifs is 1. The third-order valence-electron chi connectivity index (χ3n) is 7.24. The maximum Gasteiger partial charge on any atom is 0.227 e. The Morgan fingerprint density at radius 3 is 2.68 bits per heavy atom. The number of hydrogen-bond acceptors (Lipinski definition) is 7. The van der Waals surface area contributed by atoms with Gasteiger partial charge in [-0.3, -0.25) is 19.8 Å². The minimum atomic E-state index is -0.545. The Labute approximate surface area is 235 Å². The molecule has 6 rings (SSSR count). The number of rotatable bonds is 7. The molecule has 0 bridgehead atoms. The van der Waals surface area contributed by atoms with Gasteiger partial charge in [0.2, 0.25) is 5.91 Å². The fraction of sp³-hybridized carbons (Fsp3) is 0.194. The van der Waals surface area contributed by atoms with Gasteiger partial charge in [0.25, 0.3) is 0 Å². The molecule has 10 heteroatoms. The third-order valence-corrected chi connectivity index (χ3v) is 7.24. The summed E-state index contributed by atoms with van der Waals surface area (Å²) < 4.78 is 14.1. The van der Waals surface area contributed by atoms with Crippen molar-refractivity contribution in [3.05, 3.63) is 84.5 Å². The zero-order valence-corrected chi connectivity index (χ0v) is 22.4. The van der Waals surface area contributed by atoms with Gasteiger partial charge in [0, 0.05) is 47.4 Å². The molecule has 1 aromatic carbocycles. The van der Waals surface area contributed by atoms with E-state index >= 15 is 0 Å². The number of aromatic amines is 1. The maximum absolute atomic E-state index is 14.1. The van der Waals surface area contributed by atoms with Crippen molar-refractivity contribution in [2.24, 2.45) is 10.9 Å². The van der Waals surface area contributed by atoms with Crippen LogP contribution in [0.5, 0.6) is 5.75 Å². The second-order valence-electron chi connectivity index (χ2n) is 10.1. The molecule has 5 aromatic rings. The van der Waals surface area contributed by atoms with Crippen molar-refractivity contribution in [1.82, 2.24) is 19.9 Å². The van der Waals surface area contributed by atoms with E-state index in [1.807, 2.05) is 19.1 Å². The second-order valence-corrected chi connectivity index (χ2v) is 10.1. The van der Waals surface area contributed by atoms with E-state index in [1.165, 1.54) is 12.1 Å². The highest BCUT2D eigenvalue weighted by atomic mass is 19.1. The zero-order valence-electron chi connectivity index (χ0n) is 22.4. The highest BCUT2D eigenvalue weighted by molar-refractivity contribution is 6.16. The van der Waals surface area contributed by atoms with Crippen molar-refractivity contribution < 1.29 is 14.3 Å². The summed E-state index contributed by atoms with van der Waals surface area (Å²) in [5, 5.41) is 13.7. The lowest BCUT2D eigenvalue weighted by atomic mass is 9.85. The number of benzene rings is 1. The number of phenols is 1. The highest BCUT2D eigenvalue weighted by Gasteiger charge is 2.25. The summed E-state index contributed by atoms with van der Waals surface area (Å²) in [4.78, 5) is 34.0. The molecule has 9 nitrogen and oxygen atoms in total. The van der Waals surface area contributed by atoms with E-state index in [-0.39, 0.29) is 17.6 Å². The number of carbonyl (C=O) groups is 1. The number of nitrogens with zero attached hydrogens (tertiary/aromatic N) is 4. The van der Waals surface area contributed by atoms with Crippen LogP contribution in [-0.2, 0) is 4.79 Å². The minimum absolute atomic E-state index is 0.0136. The van der Waals surface area contributed by atoms with E-state index < -0.39 is 5.82 Å². The van der Waals surface area contributed by atoms with Gasteiger partial charge in [-0.1, -0.05) is 6.42 Å². The molecule has 0 unspecified atom stereocenters. The number of aromatic nitrogens is 4. The predicted octanol–water partition coefficient (Wildman–Crippen LogP) is 5.71. The maximum atomic E-state index is 14.1. The largest absolute Gasteiger partial charge is 0.508 e. The number of hydrogen-bond donors (Lipinski definition) is 4. The average molecular weight is 550 g/mol. The van der Waals surface area contributed by atoms with E-state index in [9.17, 15) is 14.3 Å². The van der Waals surface area contributed by atoms with Crippen molar-refractivity contribution in [3.63, 3.8) is 0 Å². The first-order valence-corrected chi connectivity index (χ1v) is 13.4. The molecule has 0 aliphatic heterocycles. The summed E-state index contributed by atoms with van der Waals surface area (Å²) in [6, 6.07) is 11.2. The first kappa shape index (κ1) is 26.1. The van der Waals surface area contributed by atoms with Crippen LogP contribution in [0.1, 0.15) is 37.6 Å². The number of nitrogen functional groups attached to an aromatic ring is 1. The fourth-order valence-corrected chi connectivity index (χ4v) is 4.97. The molecule has 206 valence electrons. The lowest BCUT2D eigenvalue weighted by molar-refractivity contribution is -0.122. The summed E-state index contributed by atoms with van der Waals surface area (Å²) in [5.74, 6) is -0.641. The van der Waals surface area contributed by atoms with Crippen LogP contribution < -0.4 is 11.1 Å². The van der Waals surface area contributed by atoms with Gasteiger partial charge in [-0.2, -0.15) is 0 Å². The fourth-order valence-electron chi connectivity index (χ4n) is 4.97. The number of pyridine rings is 3. The number of anilines is 2. The van der Waals surface area contributed by atoms with Gasteiger partial charge in [0.1, 0.15) is 23.0 Å². The first-order chi connectivity index (χ1) is 19.9. The number of phenolic OH excluding ortho intramolecular Hbond substituents is 1.